The van der Waals surface area contributed by atoms with E-state index >= 15 is 0 Å². The Balaban J connectivity index is 4.43. The van der Waals surface area contributed by atoms with Gasteiger partial charge in [-0.15, -0.1) is 0 Å². The normalized spacial score (nSPS) is 12.5. The zero-order chi connectivity index (χ0) is 45.1. The molecule has 0 amide bonds. The molecule has 0 aromatic rings. The maximum Gasteiger partial charge on any atom is 0.306 e. The highest BCUT2D eigenvalue weighted by atomic mass is 16.6. The number of hydrogen-bond acceptors (Lipinski definition) is 6. The average molecular weight is 867 g/mol. The van der Waals surface area contributed by atoms with Crippen LogP contribution in [0.4, 0.5) is 0 Å². The van der Waals surface area contributed by atoms with Crippen molar-refractivity contribution in [1.29, 1.82) is 0 Å². The monoisotopic (exact) mass is 867 g/mol. The summed E-state index contributed by atoms with van der Waals surface area (Å²) in [4.78, 5) is 38.0. The van der Waals surface area contributed by atoms with E-state index in [1.165, 1.54) is 109 Å². The second kappa shape index (κ2) is 50.8. The summed E-state index contributed by atoms with van der Waals surface area (Å²) in [5.74, 6) is -0.931. The lowest BCUT2D eigenvalue weighted by molar-refractivity contribution is -0.167. The van der Waals surface area contributed by atoms with E-state index in [0.29, 0.717) is 19.3 Å². The van der Waals surface area contributed by atoms with Crippen LogP contribution in [0.15, 0.2) is 60.8 Å². The lowest BCUT2D eigenvalue weighted by atomic mass is 10.1. The summed E-state index contributed by atoms with van der Waals surface area (Å²) in [5, 5.41) is 0. The van der Waals surface area contributed by atoms with Gasteiger partial charge in [0.1, 0.15) is 13.2 Å². The first-order chi connectivity index (χ1) is 30.5. The number of rotatable bonds is 47. The van der Waals surface area contributed by atoms with Gasteiger partial charge in [0, 0.05) is 19.3 Å². The fourth-order valence-corrected chi connectivity index (χ4v) is 7.27. The van der Waals surface area contributed by atoms with Gasteiger partial charge in [0.05, 0.1) is 0 Å². The molecular formula is C56H98O6. The van der Waals surface area contributed by atoms with Crippen LogP contribution in [0.25, 0.3) is 0 Å². The second-order valence-electron chi connectivity index (χ2n) is 17.4. The van der Waals surface area contributed by atoms with E-state index in [1.807, 2.05) is 0 Å². The van der Waals surface area contributed by atoms with Crippen LogP contribution in [0.5, 0.6) is 0 Å². The smallest absolute Gasteiger partial charge is 0.306 e. The van der Waals surface area contributed by atoms with E-state index in [-0.39, 0.29) is 31.1 Å². The van der Waals surface area contributed by atoms with Crippen molar-refractivity contribution in [2.24, 2.45) is 0 Å². The first-order valence-electron chi connectivity index (χ1n) is 26.3. The maximum atomic E-state index is 12.8. The molecule has 0 saturated carbocycles. The number of hydrogen-bond donors (Lipinski definition) is 0. The number of carbonyl (C=O) groups is 3. The molecule has 0 bridgehead atoms. The van der Waals surface area contributed by atoms with Gasteiger partial charge in [-0.3, -0.25) is 14.4 Å². The van der Waals surface area contributed by atoms with Crippen LogP contribution in [0.1, 0.15) is 258 Å². The first kappa shape index (κ1) is 59.1. The van der Waals surface area contributed by atoms with E-state index in [4.69, 9.17) is 14.2 Å². The third kappa shape index (κ3) is 48.1. The van der Waals surface area contributed by atoms with Gasteiger partial charge in [0.25, 0.3) is 0 Å². The molecule has 0 aliphatic carbocycles. The number of allylic oxidation sites excluding steroid dienone is 10. The van der Waals surface area contributed by atoms with Crippen molar-refractivity contribution in [3.8, 4) is 0 Å². The lowest BCUT2D eigenvalue weighted by Gasteiger charge is -2.18. The molecule has 62 heavy (non-hydrogen) atoms. The van der Waals surface area contributed by atoms with Crippen molar-refractivity contribution in [2.45, 2.75) is 264 Å². The van der Waals surface area contributed by atoms with Gasteiger partial charge in [-0.25, -0.2) is 0 Å². The summed E-state index contributed by atoms with van der Waals surface area (Å²) >= 11 is 0. The molecule has 6 nitrogen and oxygen atoms in total. The van der Waals surface area contributed by atoms with Gasteiger partial charge in [-0.2, -0.15) is 0 Å². The molecule has 0 heterocycles. The molecule has 0 radical (unpaired) electrons. The highest BCUT2D eigenvalue weighted by Crippen LogP contribution is 2.14. The van der Waals surface area contributed by atoms with Crippen molar-refractivity contribution in [2.75, 3.05) is 13.2 Å². The minimum Gasteiger partial charge on any atom is -0.462 e. The summed E-state index contributed by atoms with van der Waals surface area (Å²) in [6.07, 6.45) is 62.0. The molecule has 0 aliphatic rings. The third-order valence-electron chi connectivity index (χ3n) is 11.2. The molecule has 0 aromatic carbocycles. The standard InChI is InChI=1S/C56H98O6/c1-4-7-10-13-16-19-22-25-28-29-32-34-37-40-43-46-49-55(58)61-52-53(62-56(59)50-47-44-41-38-35-31-27-24-21-18-15-12-9-6-3)51-60-54(57)48-45-42-39-36-33-30-26-23-20-17-14-11-8-5-2/h7,10,16,19,25,28,30-31,33,35,53H,4-6,8-9,11-15,17-18,20-24,26-27,29,32,34,36-52H2,1-3H3/b10-7-,19-16-,28-25-,33-30-,35-31-. The van der Waals surface area contributed by atoms with Crippen LogP contribution in [0.3, 0.4) is 0 Å². The zero-order valence-electron chi connectivity index (χ0n) is 40.9. The van der Waals surface area contributed by atoms with E-state index in [1.54, 1.807) is 0 Å². The minimum atomic E-state index is -0.792. The van der Waals surface area contributed by atoms with Crippen LogP contribution >= 0.6 is 0 Å². The Labute approximate surface area is 383 Å². The molecule has 1 atom stereocenters. The Kier molecular flexibility index (Phi) is 48.4. The van der Waals surface area contributed by atoms with Gasteiger partial charge < -0.3 is 14.2 Å². The number of carbonyl (C=O) groups excluding carboxylic acids is 3. The van der Waals surface area contributed by atoms with Crippen LogP contribution < -0.4 is 0 Å². The lowest BCUT2D eigenvalue weighted by Crippen LogP contribution is -2.30. The molecule has 0 spiro atoms. The Bertz CT molecular complexity index is 1130. The van der Waals surface area contributed by atoms with Crippen molar-refractivity contribution in [3.63, 3.8) is 0 Å². The van der Waals surface area contributed by atoms with Crippen LogP contribution in [-0.2, 0) is 28.6 Å². The Morgan fingerprint density at radius 3 is 1.02 bits per heavy atom. The molecule has 1 unspecified atom stereocenters. The quantitative estimate of drug-likeness (QED) is 0.0262. The predicted octanol–water partition coefficient (Wildman–Crippen LogP) is 17.3. The van der Waals surface area contributed by atoms with Gasteiger partial charge in [-0.05, 0) is 103 Å². The number of ether oxygens (including phenoxy) is 3. The molecule has 358 valence electrons. The van der Waals surface area contributed by atoms with E-state index in [9.17, 15) is 14.4 Å². The Hall–Kier alpha value is -2.89. The topological polar surface area (TPSA) is 78.9 Å². The van der Waals surface area contributed by atoms with Crippen molar-refractivity contribution in [1.82, 2.24) is 0 Å². The van der Waals surface area contributed by atoms with Crippen LogP contribution in [0.2, 0.25) is 0 Å². The molecule has 0 saturated heterocycles. The zero-order valence-corrected chi connectivity index (χ0v) is 40.9. The second-order valence-corrected chi connectivity index (χ2v) is 17.4. The van der Waals surface area contributed by atoms with Crippen molar-refractivity contribution >= 4 is 17.9 Å². The minimum absolute atomic E-state index is 0.0915. The van der Waals surface area contributed by atoms with Gasteiger partial charge in [0.15, 0.2) is 6.10 Å². The predicted molar refractivity (Wildman–Crippen MR) is 265 cm³/mol. The SMILES string of the molecule is CC/C=C\C/C=C\C/C=C\CCCCCCCCC(=O)OCC(COC(=O)CCCCC/C=C\CCCCCCCCC)OC(=O)CCCCC/C=C\CCCCCCCCC. The van der Waals surface area contributed by atoms with Crippen molar-refractivity contribution < 1.29 is 28.6 Å². The summed E-state index contributed by atoms with van der Waals surface area (Å²) < 4.78 is 16.8. The summed E-state index contributed by atoms with van der Waals surface area (Å²) in [6, 6.07) is 0. The summed E-state index contributed by atoms with van der Waals surface area (Å²) in [6.45, 7) is 6.49. The molecule has 0 N–H and O–H groups in total. The fraction of sp³-hybridized carbons (Fsp3) is 0.768. The third-order valence-corrected chi connectivity index (χ3v) is 11.2. The van der Waals surface area contributed by atoms with Crippen LogP contribution in [0, 0.1) is 0 Å². The molecule has 6 heteroatoms. The van der Waals surface area contributed by atoms with E-state index < -0.39 is 6.10 Å². The summed E-state index contributed by atoms with van der Waals surface area (Å²) in [5.41, 5.74) is 0. The highest BCUT2D eigenvalue weighted by Gasteiger charge is 2.19. The highest BCUT2D eigenvalue weighted by molar-refractivity contribution is 5.71. The molecular weight excluding hydrogens is 769 g/mol. The van der Waals surface area contributed by atoms with E-state index in [0.717, 1.165) is 109 Å². The van der Waals surface area contributed by atoms with Gasteiger partial charge in [0.2, 0.25) is 0 Å². The molecule has 0 aliphatic heterocycles. The summed E-state index contributed by atoms with van der Waals surface area (Å²) in [7, 11) is 0. The number of esters is 3. The van der Waals surface area contributed by atoms with Gasteiger partial charge >= 0.3 is 17.9 Å². The Morgan fingerprint density at radius 2 is 0.629 bits per heavy atom. The first-order valence-corrected chi connectivity index (χ1v) is 26.3. The number of unbranched alkanes of at least 4 members (excludes halogenated alkanes) is 26. The Morgan fingerprint density at radius 1 is 0.339 bits per heavy atom. The van der Waals surface area contributed by atoms with E-state index in [2.05, 4.69) is 81.5 Å². The fourth-order valence-electron chi connectivity index (χ4n) is 7.27. The molecule has 0 rings (SSSR count). The average Bonchev–Trinajstić information content (AvgIpc) is 3.27. The largest absolute Gasteiger partial charge is 0.462 e. The molecule has 0 fully saturated rings. The van der Waals surface area contributed by atoms with Gasteiger partial charge in [-0.1, -0.05) is 197 Å². The maximum absolute atomic E-state index is 12.8. The molecule has 0 aromatic heterocycles. The van der Waals surface area contributed by atoms with Crippen molar-refractivity contribution in [3.05, 3.63) is 60.8 Å². The van der Waals surface area contributed by atoms with Crippen LogP contribution in [-0.4, -0.2) is 37.2 Å².